The molecule has 24 heavy (non-hydrogen) atoms. The van der Waals surface area contributed by atoms with Gasteiger partial charge >= 0.3 is 11.9 Å². The number of hydrogen-bond acceptors (Lipinski definition) is 5. The Labute approximate surface area is 142 Å². The fraction of sp³-hybridized carbons (Fsp3) is 0.526. The lowest BCUT2D eigenvalue weighted by Gasteiger charge is -2.49. The molecule has 1 atom stereocenters. The fourth-order valence-corrected chi connectivity index (χ4v) is 2.90. The molecule has 1 fully saturated rings. The van der Waals surface area contributed by atoms with Gasteiger partial charge in [0, 0.05) is 6.42 Å². The molecule has 0 N–H and O–H groups in total. The average Bonchev–Trinajstić information content (AvgIpc) is 2.51. The smallest absolute Gasteiger partial charge is 0.332 e. The van der Waals surface area contributed by atoms with Crippen LogP contribution < -0.4 is 0 Å². The van der Waals surface area contributed by atoms with E-state index in [0.717, 1.165) is 0 Å². The Morgan fingerprint density at radius 2 is 1.67 bits per heavy atom. The Morgan fingerprint density at radius 3 is 2.21 bits per heavy atom. The first-order valence-corrected chi connectivity index (χ1v) is 8.09. The number of cyclic esters (lactones) is 1. The highest BCUT2D eigenvalue weighted by Crippen LogP contribution is 2.48. The van der Waals surface area contributed by atoms with Gasteiger partial charge in [-0.15, -0.1) is 0 Å². The molecule has 0 amide bonds. The zero-order valence-electron chi connectivity index (χ0n) is 14.8. The summed E-state index contributed by atoms with van der Waals surface area (Å²) in [5.41, 5.74) is -3.29. The summed E-state index contributed by atoms with van der Waals surface area (Å²) in [4.78, 5) is 38.8. The molecule has 1 saturated heterocycles. The maximum Gasteiger partial charge on any atom is 0.332 e. The second kappa shape index (κ2) is 6.04. The summed E-state index contributed by atoms with van der Waals surface area (Å²) < 4.78 is 10.7. The highest BCUT2D eigenvalue weighted by molar-refractivity contribution is 6.23. The second-order valence-electron chi connectivity index (χ2n) is 7.14. The van der Waals surface area contributed by atoms with Crippen LogP contribution in [-0.2, 0) is 30.3 Å². The Balaban J connectivity index is 2.59. The lowest BCUT2D eigenvalue weighted by atomic mass is 9.60. The molecule has 1 aromatic carbocycles. The first-order valence-electron chi connectivity index (χ1n) is 8.09. The molecule has 1 aromatic rings. The minimum atomic E-state index is -1.96. The number of rotatable bonds is 4. The number of carbonyl (C=O) groups is 3. The second-order valence-corrected chi connectivity index (χ2v) is 7.14. The van der Waals surface area contributed by atoms with Crippen molar-refractivity contribution in [3.8, 4) is 0 Å². The van der Waals surface area contributed by atoms with Gasteiger partial charge in [0.25, 0.3) is 0 Å². The van der Waals surface area contributed by atoms with E-state index in [2.05, 4.69) is 0 Å². The summed E-state index contributed by atoms with van der Waals surface area (Å²) in [6, 6.07) is 8.96. The summed E-state index contributed by atoms with van der Waals surface area (Å²) >= 11 is 0. The Hall–Kier alpha value is -2.17. The van der Waals surface area contributed by atoms with Crippen molar-refractivity contribution in [3.05, 3.63) is 35.9 Å². The predicted molar refractivity (Wildman–Crippen MR) is 88.2 cm³/mol. The molecule has 0 aliphatic carbocycles. The minimum absolute atomic E-state index is 0.0656. The standard InChI is InChI=1S/C19H24O5/c1-6-23-15(21)19(12-13-10-8-7-9-11-13)14(20)17(2,3)18(4,5)24-16(19)22/h7-11H,6,12H2,1-5H3. The van der Waals surface area contributed by atoms with Gasteiger partial charge in [-0.3, -0.25) is 14.4 Å². The van der Waals surface area contributed by atoms with Crippen LogP contribution in [0.1, 0.15) is 40.2 Å². The van der Waals surface area contributed by atoms with E-state index >= 15 is 0 Å². The molecule has 1 unspecified atom stereocenters. The van der Waals surface area contributed by atoms with Gasteiger partial charge in [0.1, 0.15) is 5.60 Å². The van der Waals surface area contributed by atoms with Crippen LogP contribution in [0.4, 0.5) is 0 Å². The van der Waals surface area contributed by atoms with E-state index in [9.17, 15) is 14.4 Å². The third-order valence-electron chi connectivity index (χ3n) is 5.09. The molecule has 0 aromatic heterocycles. The minimum Gasteiger partial charge on any atom is -0.465 e. The lowest BCUT2D eigenvalue weighted by Crippen LogP contribution is -2.66. The average molecular weight is 332 g/mol. The maximum atomic E-state index is 13.3. The van der Waals surface area contributed by atoms with Gasteiger partial charge in [0.2, 0.25) is 5.41 Å². The van der Waals surface area contributed by atoms with Crippen LogP contribution in [0.5, 0.6) is 0 Å². The van der Waals surface area contributed by atoms with E-state index < -0.39 is 34.2 Å². The van der Waals surface area contributed by atoms with Gasteiger partial charge < -0.3 is 9.47 Å². The number of ether oxygens (including phenoxy) is 2. The van der Waals surface area contributed by atoms with Crippen LogP contribution >= 0.6 is 0 Å². The van der Waals surface area contributed by atoms with Gasteiger partial charge in [-0.1, -0.05) is 30.3 Å². The first kappa shape index (κ1) is 18.2. The van der Waals surface area contributed by atoms with E-state index in [1.165, 1.54) is 0 Å². The fourth-order valence-electron chi connectivity index (χ4n) is 2.90. The van der Waals surface area contributed by atoms with Crippen molar-refractivity contribution in [2.75, 3.05) is 6.61 Å². The van der Waals surface area contributed by atoms with Crippen LogP contribution in [-0.4, -0.2) is 29.9 Å². The zero-order valence-corrected chi connectivity index (χ0v) is 14.8. The van der Waals surface area contributed by atoms with E-state index in [1.807, 2.05) is 6.07 Å². The van der Waals surface area contributed by atoms with Crippen LogP contribution in [0, 0.1) is 10.8 Å². The van der Waals surface area contributed by atoms with Gasteiger partial charge in [-0.2, -0.15) is 0 Å². The number of benzene rings is 1. The molecule has 5 heteroatoms. The summed E-state index contributed by atoms with van der Waals surface area (Å²) in [5, 5.41) is 0. The van der Waals surface area contributed by atoms with Gasteiger partial charge in [0.15, 0.2) is 5.78 Å². The molecular weight excluding hydrogens is 308 g/mol. The zero-order chi connectivity index (χ0) is 18.2. The Morgan fingerprint density at radius 1 is 1.08 bits per heavy atom. The monoisotopic (exact) mass is 332 g/mol. The molecule has 0 bridgehead atoms. The predicted octanol–water partition coefficient (Wildman–Crippen LogP) is 2.71. The van der Waals surface area contributed by atoms with E-state index in [-0.39, 0.29) is 13.0 Å². The number of Topliss-reactive ketones (excluding diaryl/α,β-unsaturated/α-hetero) is 1. The van der Waals surface area contributed by atoms with Crippen molar-refractivity contribution in [3.63, 3.8) is 0 Å². The van der Waals surface area contributed by atoms with Crippen LogP contribution in [0.25, 0.3) is 0 Å². The van der Waals surface area contributed by atoms with Crippen LogP contribution in [0.3, 0.4) is 0 Å². The quantitative estimate of drug-likeness (QED) is 0.626. The number of esters is 2. The maximum absolute atomic E-state index is 13.3. The van der Waals surface area contributed by atoms with Crippen molar-refractivity contribution in [1.82, 2.24) is 0 Å². The number of ketones is 1. The van der Waals surface area contributed by atoms with Crippen LogP contribution in [0.15, 0.2) is 30.3 Å². The van der Waals surface area contributed by atoms with Gasteiger partial charge in [-0.05, 0) is 40.2 Å². The molecule has 0 spiro atoms. The molecule has 0 saturated carbocycles. The number of carbonyl (C=O) groups excluding carboxylic acids is 3. The third kappa shape index (κ3) is 2.62. The highest BCUT2D eigenvalue weighted by atomic mass is 16.6. The lowest BCUT2D eigenvalue weighted by molar-refractivity contribution is -0.207. The van der Waals surface area contributed by atoms with E-state index in [4.69, 9.17) is 9.47 Å². The van der Waals surface area contributed by atoms with Crippen molar-refractivity contribution in [2.24, 2.45) is 10.8 Å². The van der Waals surface area contributed by atoms with Crippen molar-refractivity contribution >= 4 is 17.7 Å². The Bertz CT molecular complexity index is 660. The molecular formula is C19H24O5. The normalized spacial score (nSPS) is 25.0. The van der Waals surface area contributed by atoms with Gasteiger partial charge in [0.05, 0.1) is 12.0 Å². The van der Waals surface area contributed by atoms with Crippen molar-refractivity contribution in [1.29, 1.82) is 0 Å². The molecule has 1 aliphatic rings. The topological polar surface area (TPSA) is 69.7 Å². The molecule has 1 heterocycles. The third-order valence-corrected chi connectivity index (χ3v) is 5.09. The van der Waals surface area contributed by atoms with E-state index in [0.29, 0.717) is 5.56 Å². The summed E-state index contributed by atoms with van der Waals surface area (Å²) in [6.07, 6.45) is -0.0656. The van der Waals surface area contributed by atoms with Crippen molar-refractivity contribution < 1.29 is 23.9 Å². The summed E-state index contributed by atoms with van der Waals surface area (Å²) in [5.74, 6) is -2.13. The SMILES string of the molecule is CCOC(=O)C1(Cc2ccccc2)C(=O)OC(C)(C)C(C)(C)C1=O. The van der Waals surface area contributed by atoms with E-state index in [1.54, 1.807) is 58.9 Å². The largest absolute Gasteiger partial charge is 0.465 e. The molecule has 130 valence electrons. The molecule has 0 radical (unpaired) electrons. The summed E-state index contributed by atoms with van der Waals surface area (Å²) in [7, 11) is 0. The van der Waals surface area contributed by atoms with Crippen LogP contribution in [0.2, 0.25) is 0 Å². The number of hydrogen-bond donors (Lipinski definition) is 0. The van der Waals surface area contributed by atoms with Crippen molar-refractivity contribution in [2.45, 2.75) is 46.6 Å². The van der Waals surface area contributed by atoms with Gasteiger partial charge in [-0.25, -0.2) is 0 Å². The summed E-state index contributed by atoms with van der Waals surface area (Å²) in [6.45, 7) is 8.48. The highest BCUT2D eigenvalue weighted by Gasteiger charge is 2.67. The molecule has 1 aliphatic heterocycles. The Kier molecular flexibility index (Phi) is 4.57. The molecule has 5 nitrogen and oxygen atoms in total. The molecule has 2 rings (SSSR count). The first-order chi connectivity index (χ1) is 11.1.